The van der Waals surface area contributed by atoms with Crippen molar-refractivity contribution in [3.05, 3.63) is 83.4 Å². The van der Waals surface area contributed by atoms with Crippen molar-refractivity contribution in [1.29, 1.82) is 0 Å². The minimum atomic E-state index is -0.350. The van der Waals surface area contributed by atoms with Crippen LogP contribution in [-0.2, 0) is 11.3 Å². The lowest BCUT2D eigenvalue weighted by atomic mass is 10.1. The van der Waals surface area contributed by atoms with Gasteiger partial charge in [0.15, 0.2) is 18.1 Å². The van der Waals surface area contributed by atoms with E-state index in [0.29, 0.717) is 35.0 Å². The Kier molecular flexibility index (Phi) is 6.03. The molecule has 0 saturated carbocycles. The van der Waals surface area contributed by atoms with Crippen LogP contribution in [-0.4, -0.2) is 25.2 Å². The highest BCUT2D eigenvalue weighted by molar-refractivity contribution is 6.04. The van der Waals surface area contributed by atoms with Gasteiger partial charge < -0.3 is 24.8 Å². The number of hydrogen-bond donors (Lipinski definition) is 2. The predicted octanol–water partition coefficient (Wildman–Crippen LogP) is 3.67. The molecule has 1 heterocycles. The van der Waals surface area contributed by atoms with Crippen molar-refractivity contribution in [1.82, 2.24) is 5.32 Å². The van der Waals surface area contributed by atoms with Crippen LogP contribution in [0.4, 0.5) is 5.69 Å². The smallest absolute Gasteiger partial charge is 0.262 e. The molecule has 158 valence electrons. The van der Waals surface area contributed by atoms with Crippen LogP contribution >= 0.6 is 0 Å². The van der Waals surface area contributed by atoms with E-state index >= 15 is 0 Å². The van der Waals surface area contributed by atoms with Gasteiger partial charge in [0.05, 0.1) is 11.3 Å². The zero-order chi connectivity index (χ0) is 21.6. The van der Waals surface area contributed by atoms with Crippen LogP contribution in [0.25, 0.3) is 0 Å². The van der Waals surface area contributed by atoms with Crippen LogP contribution in [0.3, 0.4) is 0 Å². The van der Waals surface area contributed by atoms with Crippen LogP contribution in [0.5, 0.6) is 17.2 Å². The lowest BCUT2D eigenvalue weighted by Gasteiger charge is -2.12. The lowest BCUT2D eigenvalue weighted by Crippen LogP contribution is -2.26. The number of amides is 2. The van der Waals surface area contributed by atoms with Crippen molar-refractivity contribution in [2.24, 2.45) is 0 Å². The summed E-state index contributed by atoms with van der Waals surface area (Å²) in [4.78, 5) is 25.1. The Hall–Kier alpha value is -4.00. The number of fused-ring (bicyclic) bond motifs is 1. The maximum absolute atomic E-state index is 12.7. The molecule has 0 radical (unpaired) electrons. The fourth-order valence-electron chi connectivity index (χ4n) is 3.16. The highest BCUT2D eigenvalue weighted by Crippen LogP contribution is 2.32. The minimum absolute atomic E-state index is 0.156. The van der Waals surface area contributed by atoms with Crippen molar-refractivity contribution in [2.45, 2.75) is 13.5 Å². The van der Waals surface area contributed by atoms with Crippen molar-refractivity contribution < 1.29 is 23.8 Å². The summed E-state index contributed by atoms with van der Waals surface area (Å²) in [5.74, 6) is 1.32. The largest absolute Gasteiger partial charge is 0.484 e. The van der Waals surface area contributed by atoms with Gasteiger partial charge in [-0.05, 0) is 54.4 Å². The third-order valence-corrected chi connectivity index (χ3v) is 4.70. The highest BCUT2D eigenvalue weighted by atomic mass is 16.7. The third kappa shape index (κ3) is 5.14. The zero-order valence-electron chi connectivity index (χ0n) is 17.0. The van der Waals surface area contributed by atoms with E-state index < -0.39 is 0 Å². The third-order valence-electron chi connectivity index (χ3n) is 4.70. The molecular weight excluding hydrogens is 396 g/mol. The Morgan fingerprint density at radius 2 is 1.81 bits per heavy atom. The zero-order valence-corrected chi connectivity index (χ0v) is 17.0. The van der Waals surface area contributed by atoms with E-state index in [0.717, 1.165) is 11.1 Å². The number of hydrogen-bond acceptors (Lipinski definition) is 5. The van der Waals surface area contributed by atoms with Gasteiger partial charge in [-0.25, -0.2) is 0 Å². The maximum atomic E-state index is 12.7. The van der Waals surface area contributed by atoms with Crippen molar-refractivity contribution in [3.8, 4) is 17.2 Å². The van der Waals surface area contributed by atoms with Gasteiger partial charge in [-0.2, -0.15) is 0 Å². The molecule has 31 heavy (non-hydrogen) atoms. The summed E-state index contributed by atoms with van der Waals surface area (Å²) in [5, 5.41) is 5.61. The highest BCUT2D eigenvalue weighted by Gasteiger charge is 2.16. The van der Waals surface area contributed by atoms with Crippen LogP contribution in [0, 0.1) is 6.92 Å². The summed E-state index contributed by atoms with van der Waals surface area (Å²) in [6.45, 7) is 2.31. The first-order valence-electron chi connectivity index (χ1n) is 9.83. The molecule has 1 aliphatic rings. The van der Waals surface area contributed by atoms with Gasteiger partial charge in [-0.3, -0.25) is 9.59 Å². The topological polar surface area (TPSA) is 85.9 Å². The number of benzene rings is 3. The summed E-state index contributed by atoms with van der Waals surface area (Å²) < 4.78 is 16.2. The average molecular weight is 418 g/mol. The van der Waals surface area contributed by atoms with Crippen molar-refractivity contribution in [2.75, 3.05) is 18.7 Å². The number of rotatable bonds is 7. The lowest BCUT2D eigenvalue weighted by molar-refractivity contribution is -0.118. The van der Waals surface area contributed by atoms with Gasteiger partial charge in [0.1, 0.15) is 5.75 Å². The first-order valence-corrected chi connectivity index (χ1v) is 9.83. The second-order valence-corrected chi connectivity index (χ2v) is 7.07. The van der Waals surface area contributed by atoms with Gasteiger partial charge in [0.25, 0.3) is 11.8 Å². The van der Waals surface area contributed by atoms with E-state index in [1.165, 1.54) is 0 Å². The quantitative estimate of drug-likeness (QED) is 0.612. The molecule has 0 bridgehead atoms. The second-order valence-electron chi connectivity index (χ2n) is 7.07. The molecule has 2 N–H and O–H groups in total. The molecule has 3 aromatic rings. The molecule has 4 rings (SSSR count). The molecule has 0 fully saturated rings. The molecule has 0 spiro atoms. The number of para-hydroxylation sites is 1. The normalized spacial score (nSPS) is 11.6. The Morgan fingerprint density at radius 3 is 2.68 bits per heavy atom. The van der Waals surface area contributed by atoms with E-state index in [-0.39, 0.29) is 25.2 Å². The van der Waals surface area contributed by atoms with E-state index in [4.69, 9.17) is 14.2 Å². The number of aryl methyl sites for hydroxylation is 1. The molecule has 0 aromatic heterocycles. The van der Waals surface area contributed by atoms with Gasteiger partial charge in [-0.1, -0.05) is 30.3 Å². The summed E-state index contributed by atoms with van der Waals surface area (Å²) in [6, 6.07) is 19.8. The van der Waals surface area contributed by atoms with Crippen molar-refractivity contribution >= 4 is 17.5 Å². The molecule has 3 aromatic carbocycles. The van der Waals surface area contributed by atoms with E-state index in [9.17, 15) is 9.59 Å². The summed E-state index contributed by atoms with van der Waals surface area (Å²) in [7, 11) is 0. The van der Waals surface area contributed by atoms with E-state index in [2.05, 4.69) is 10.6 Å². The Bertz CT molecular complexity index is 1110. The van der Waals surface area contributed by atoms with Crippen LogP contribution in [0.2, 0.25) is 0 Å². The monoisotopic (exact) mass is 418 g/mol. The molecule has 1 aliphatic heterocycles. The van der Waals surface area contributed by atoms with Crippen LogP contribution in [0.1, 0.15) is 21.5 Å². The Balaban J connectivity index is 1.36. The molecule has 0 atom stereocenters. The molecule has 7 nitrogen and oxygen atoms in total. The number of carbonyl (C=O) groups is 2. The van der Waals surface area contributed by atoms with Gasteiger partial charge in [0, 0.05) is 6.54 Å². The molecule has 7 heteroatoms. The molecule has 0 aliphatic carbocycles. The number of nitrogens with one attached hydrogen (secondary N) is 2. The summed E-state index contributed by atoms with van der Waals surface area (Å²) >= 11 is 0. The van der Waals surface area contributed by atoms with E-state index in [1.54, 1.807) is 30.3 Å². The SMILES string of the molecule is Cc1cccc(OCC(=O)Nc2ccccc2C(=O)NCc2ccc3c(c2)OCO3)c1. The molecule has 0 saturated heterocycles. The van der Waals surface area contributed by atoms with Gasteiger partial charge >= 0.3 is 0 Å². The average Bonchev–Trinajstić information content (AvgIpc) is 3.24. The van der Waals surface area contributed by atoms with Crippen LogP contribution in [0.15, 0.2) is 66.7 Å². The standard InChI is InChI=1S/C24H22N2O5/c1-16-5-4-6-18(11-16)29-14-23(27)26-20-8-3-2-7-19(20)24(28)25-13-17-9-10-21-22(12-17)31-15-30-21/h2-12H,13-15H2,1H3,(H,25,28)(H,26,27). The van der Waals surface area contributed by atoms with Gasteiger partial charge in [-0.15, -0.1) is 0 Å². The summed E-state index contributed by atoms with van der Waals surface area (Å²) in [5.41, 5.74) is 2.71. The van der Waals surface area contributed by atoms with Crippen LogP contribution < -0.4 is 24.8 Å². The summed E-state index contributed by atoms with van der Waals surface area (Å²) in [6.07, 6.45) is 0. The number of ether oxygens (including phenoxy) is 3. The minimum Gasteiger partial charge on any atom is -0.484 e. The first-order chi connectivity index (χ1) is 15.1. The molecule has 0 unspecified atom stereocenters. The fourth-order valence-corrected chi connectivity index (χ4v) is 3.16. The number of carbonyl (C=O) groups excluding carboxylic acids is 2. The Labute approximate surface area is 179 Å². The second kappa shape index (κ2) is 9.21. The Morgan fingerprint density at radius 1 is 0.968 bits per heavy atom. The van der Waals surface area contributed by atoms with E-state index in [1.807, 2.05) is 43.3 Å². The maximum Gasteiger partial charge on any atom is 0.262 e. The fraction of sp³-hybridized carbons (Fsp3) is 0.167. The molecular formula is C24H22N2O5. The predicted molar refractivity (Wildman–Crippen MR) is 115 cm³/mol. The molecule has 2 amide bonds. The van der Waals surface area contributed by atoms with Crippen molar-refractivity contribution in [3.63, 3.8) is 0 Å². The van der Waals surface area contributed by atoms with Gasteiger partial charge in [0.2, 0.25) is 6.79 Å². The number of anilines is 1. The first kappa shape index (κ1) is 20.3.